The molecule has 0 aliphatic carbocycles. The highest BCUT2D eigenvalue weighted by atomic mass is 35.5. The van der Waals surface area contributed by atoms with Gasteiger partial charge >= 0.3 is 18.2 Å². The Bertz CT molecular complexity index is 1540. The average Bonchev–Trinajstić information content (AvgIpc) is 3.29. The molecule has 2 aromatic rings. The first kappa shape index (κ1) is 36.1. The number of benzene rings is 2. The lowest BCUT2D eigenvalue weighted by atomic mass is 9.98. The van der Waals surface area contributed by atoms with E-state index in [9.17, 15) is 27.6 Å². The molecule has 0 bridgehead atoms. The van der Waals surface area contributed by atoms with Crippen LogP contribution in [-0.4, -0.2) is 122 Å². The van der Waals surface area contributed by atoms with Crippen LogP contribution in [0.3, 0.4) is 0 Å². The first-order valence-corrected chi connectivity index (χ1v) is 17.9. The van der Waals surface area contributed by atoms with E-state index in [-0.39, 0.29) is 40.7 Å². The second-order valence-corrected chi connectivity index (χ2v) is 14.0. The minimum Gasteiger partial charge on any atom is -0.386 e. The quantitative estimate of drug-likeness (QED) is 0.337. The van der Waals surface area contributed by atoms with Crippen LogP contribution in [0, 0.1) is 0 Å². The van der Waals surface area contributed by atoms with Gasteiger partial charge in [0.25, 0.3) is 0 Å². The van der Waals surface area contributed by atoms with Crippen molar-refractivity contribution < 1.29 is 27.6 Å². The van der Waals surface area contributed by atoms with Gasteiger partial charge in [0, 0.05) is 90.1 Å². The number of carbonyl (C=O) groups is 3. The first-order chi connectivity index (χ1) is 24.0. The third kappa shape index (κ3) is 8.24. The van der Waals surface area contributed by atoms with E-state index in [1.165, 1.54) is 13.1 Å². The maximum absolute atomic E-state index is 14.1. The second-order valence-electron chi connectivity index (χ2n) is 13.5. The minimum absolute atomic E-state index is 0.0589. The Hall–Kier alpha value is -3.75. The Morgan fingerprint density at radius 2 is 1.60 bits per heavy atom. The van der Waals surface area contributed by atoms with Gasteiger partial charge < -0.3 is 36.0 Å². The third-order valence-electron chi connectivity index (χ3n) is 10.5. The van der Waals surface area contributed by atoms with Crippen LogP contribution in [0.1, 0.15) is 42.4 Å². The number of piperidine rings is 2. The Balaban J connectivity index is 1.13. The molecular formula is C35H46ClF3N8O3. The number of amides is 5. The molecule has 3 fully saturated rings. The number of carbonyl (C=O) groups excluding carboxylic acids is 3. The fraction of sp³-hybridized carbons (Fsp3) is 0.571. The largest absolute Gasteiger partial charge is 0.418 e. The van der Waals surface area contributed by atoms with Crippen LogP contribution in [-0.2, 0) is 23.8 Å². The number of para-hydroxylation sites is 1. The van der Waals surface area contributed by atoms with Crippen molar-refractivity contribution in [1.29, 1.82) is 0 Å². The topological polar surface area (TPSA) is 112 Å². The highest BCUT2D eigenvalue weighted by molar-refractivity contribution is 6.33. The van der Waals surface area contributed by atoms with Crippen molar-refractivity contribution >= 4 is 40.9 Å². The maximum atomic E-state index is 14.1. The molecule has 11 nitrogen and oxygen atoms in total. The van der Waals surface area contributed by atoms with E-state index in [1.807, 2.05) is 29.2 Å². The summed E-state index contributed by atoms with van der Waals surface area (Å²) in [7, 11) is 1.37. The van der Waals surface area contributed by atoms with Crippen molar-refractivity contribution in [3.8, 4) is 0 Å². The number of fused-ring (bicyclic) bond motifs is 1. The number of halogens is 4. The molecular weight excluding hydrogens is 673 g/mol. The SMILES string of the molecule is CNc1c(Cl)cc(C[C@@H](NC(=O)N2CCC(N3CCc4ccccc4NC3=O)CC2)C(=O)N2CCC(N3CCNCC3)CC2)cc1C(F)(F)F. The standard InChI is InChI=1S/C35H46ClF3N8O3/c1-40-31-27(35(37,38)39)20-23(21-28(31)36)22-30(32(48)45-13-7-25(8-14-45)44-18-11-41-12-19-44)43-33(49)46-15-9-26(10-16-46)47-17-6-24-4-2-3-5-29(24)42-34(47)50/h2-5,20-21,25-26,30,40-41H,6-19,22H2,1H3,(H,42,50)(H,43,49)/t30-/m1/s1. The summed E-state index contributed by atoms with van der Waals surface area (Å²) in [6.45, 7) is 6.06. The van der Waals surface area contributed by atoms with Crippen LogP contribution in [0.15, 0.2) is 36.4 Å². The maximum Gasteiger partial charge on any atom is 0.418 e. The van der Waals surface area contributed by atoms with E-state index >= 15 is 0 Å². The number of urea groups is 2. The molecule has 0 radical (unpaired) electrons. The van der Waals surface area contributed by atoms with Crippen molar-refractivity contribution in [2.24, 2.45) is 0 Å². The number of nitrogens with one attached hydrogen (secondary N) is 4. The van der Waals surface area contributed by atoms with Gasteiger partial charge in [-0.05, 0) is 61.4 Å². The van der Waals surface area contributed by atoms with E-state index in [4.69, 9.17) is 11.6 Å². The van der Waals surface area contributed by atoms with Crippen molar-refractivity contribution in [3.05, 3.63) is 58.1 Å². The lowest BCUT2D eigenvalue weighted by Gasteiger charge is -2.41. The fourth-order valence-electron chi connectivity index (χ4n) is 7.77. The Kier molecular flexibility index (Phi) is 11.3. The van der Waals surface area contributed by atoms with Gasteiger partial charge in [0.1, 0.15) is 6.04 Å². The van der Waals surface area contributed by atoms with Crippen LogP contribution in [0.2, 0.25) is 5.02 Å². The highest BCUT2D eigenvalue weighted by Gasteiger charge is 2.38. The van der Waals surface area contributed by atoms with Gasteiger partial charge in [-0.3, -0.25) is 9.69 Å². The molecule has 4 N–H and O–H groups in total. The molecule has 4 aliphatic rings. The van der Waals surface area contributed by atoms with Crippen LogP contribution >= 0.6 is 11.6 Å². The summed E-state index contributed by atoms with van der Waals surface area (Å²) in [4.78, 5) is 48.5. The average molecular weight is 719 g/mol. The first-order valence-electron chi connectivity index (χ1n) is 17.5. The zero-order chi connectivity index (χ0) is 35.4. The molecule has 15 heteroatoms. The summed E-state index contributed by atoms with van der Waals surface area (Å²) in [5.74, 6) is -0.324. The third-order valence-corrected chi connectivity index (χ3v) is 10.8. The molecule has 0 unspecified atom stereocenters. The summed E-state index contributed by atoms with van der Waals surface area (Å²) in [5.41, 5.74) is 0.912. The summed E-state index contributed by atoms with van der Waals surface area (Å²) in [5, 5.41) is 11.7. The molecule has 272 valence electrons. The number of hydrogen-bond acceptors (Lipinski definition) is 6. The molecule has 50 heavy (non-hydrogen) atoms. The van der Waals surface area contributed by atoms with Gasteiger partial charge in [0.05, 0.1) is 16.3 Å². The summed E-state index contributed by atoms with van der Waals surface area (Å²) in [6.07, 6.45) is -1.41. The molecule has 5 amide bonds. The summed E-state index contributed by atoms with van der Waals surface area (Å²) < 4.78 is 42.1. The Morgan fingerprint density at radius 3 is 2.28 bits per heavy atom. The predicted molar refractivity (Wildman–Crippen MR) is 187 cm³/mol. The molecule has 0 saturated carbocycles. The molecule has 2 aromatic carbocycles. The van der Waals surface area contributed by atoms with Gasteiger partial charge in [0.15, 0.2) is 0 Å². The van der Waals surface area contributed by atoms with E-state index in [0.29, 0.717) is 51.6 Å². The number of likely N-dealkylation sites (tertiary alicyclic amines) is 2. The molecule has 1 atom stereocenters. The highest BCUT2D eigenvalue weighted by Crippen LogP contribution is 2.39. The Labute approximate surface area is 295 Å². The number of hydrogen-bond donors (Lipinski definition) is 4. The number of piperazine rings is 1. The number of rotatable bonds is 7. The lowest BCUT2D eigenvalue weighted by molar-refractivity contribution is -0.137. The van der Waals surface area contributed by atoms with Gasteiger partial charge in [-0.15, -0.1) is 0 Å². The normalized spacial score (nSPS) is 20.5. The second kappa shape index (κ2) is 15.6. The van der Waals surface area contributed by atoms with Crippen molar-refractivity contribution in [2.75, 3.05) is 76.6 Å². The minimum atomic E-state index is -4.68. The van der Waals surface area contributed by atoms with Crippen molar-refractivity contribution in [1.82, 2.24) is 30.2 Å². The van der Waals surface area contributed by atoms with Gasteiger partial charge in [-0.2, -0.15) is 13.2 Å². The molecule has 6 rings (SSSR count). The zero-order valence-corrected chi connectivity index (χ0v) is 29.1. The predicted octanol–water partition coefficient (Wildman–Crippen LogP) is 4.47. The van der Waals surface area contributed by atoms with Crippen LogP contribution in [0.5, 0.6) is 0 Å². The van der Waals surface area contributed by atoms with E-state index in [0.717, 1.165) is 62.8 Å². The molecule has 4 heterocycles. The van der Waals surface area contributed by atoms with Crippen molar-refractivity contribution in [3.63, 3.8) is 0 Å². The number of alkyl halides is 3. The monoisotopic (exact) mass is 718 g/mol. The summed E-state index contributed by atoms with van der Waals surface area (Å²) in [6, 6.07) is 8.74. The van der Waals surface area contributed by atoms with Crippen LogP contribution in [0.4, 0.5) is 34.1 Å². The fourth-order valence-corrected chi connectivity index (χ4v) is 8.11. The lowest BCUT2D eigenvalue weighted by Crippen LogP contribution is -2.58. The Morgan fingerprint density at radius 1 is 0.940 bits per heavy atom. The van der Waals surface area contributed by atoms with Gasteiger partial charge in [-0.1, -0.05) is 29.8 Å². The zero-order valence-electron chi connectivity index (χ0n) is 28.3. The van der Waals surface area contributed by atoms with Gasteiger partial charge in [0.2, 0.25) is 5.91 Å². The van der Waals surface area contributed by atoms with E-state index in [1.54, 1.807) is 9.80 Å². The van der Waals surface area contributed by atoms with E-state index in [2.05, 4.69) is 26.2 Å². The molecule has 0 aromatic heterocycles. The molecule has 3 saturated heterocycles. The molecule has 0 spiro atoms. The van der Waals surface area contributed by atoms with Crippen LogP contribution < -0.4 is 21.3 Å². The van der Waals surface area contributed by atoms with E-state index < -0.39 is 23.8 Å². The smallest absolute Gasteiger partial charge is 0.386 e. The van der Waals surface area contributed by atoms with Crippen molar-refractivity contribution in [2.45, 2.75) is 62.8 Å². The summed E-state index contributed by atoms with van der Waals surface area (Å²) >= 11 is 6.30. The molecule has 4 aliphatic heterocycles. The van der Waals surface area contributed by atoms with Gasteiger partial charge in [-0.25, -0.2) is 9.59 Å². The number of nitrogens with zero attached hydrogens (tertiary/aromatic N) is 4. The number of anilines is 2. The van der Waals surface area contributed by atoms with Crippen LogP contribution in [0.25, 0.3) is 0 Å².